The maximum absolute atomic E-state index is 12.3. The van der Waals surface area contributed by atoms with Gasteiger partial charge in [0.05, 0.1) is 0 Å². The van der Waals surface area contributed by atoms with E-state index in [2.05, 4.69) is 25.7 Å². The van der Waals surface area contributed by atoms with Crippen LogP contribution in [0.25, 0.3) is 0 Å². The molecule has 0 aromatic carbocycles. The zero-order valence-electron chi connectivity index (χ0n) is 20.2. The first-order chi connectivity index (χ1) is 15.1. The number of esters is 2. The van der Waals surface area contributed by atoms with Crippen molar-refractivity contribution in [3.63, 3.8) is 0 Å². The highest BCUT2D eigenvalue weighted by Crippen LogP contribution is 2.70. The molecule has 4 heteroatoms. The van der Waals surface area contributed by atoms with Crippen LogP contribution in [-0.4, -0.2) is 23.1 Å². The van der Waals surface area contributed by atoms with Crippen LogP contribution in [-0.2, 0) is 19.1 Å². The zero-order chi connectivity index (χ0) is 23.4. The van der Waals surface area contributed by atoms with Gasteiger partial charge in [0.15, 0.2) is 11.2 Å². The third-order valence-corrected chi connectivity index (χ3v) is 10.1. The van der Waals surface area contributed by atoms with Crippen LogP contribution in [0.1, 0.15) is 91.9 Å². The lowest BCUT2D eigenvalue weighted by atomic mass is 9.47. The predicted octanol–water partition coefficient (Wildman–Crippen LogP) is 5.29. The van der Waals surface area contributed by atoms with E-state index < -0.39 is 11.2 Å². The maximum Gasteiger partial charge on any atom is 0.307 e. The van der Waals surface area contributed by atoms with E-state index >= 15 is 0 Å². The van der Waals surface area contributed by atoms with Crippen LogP contribution in [0.15, 0.2) is 0 Å². The average Bonchev–Trinajstić information content (AvgIpc) is 3.25. The number of hydrogen-bond donors (Lipinski definition) is 0. The van der Waals surface area contributed by atoms with Gasteiger partial charge in [0.2, 0.25) is 0 Å². The van der Waals surface area contributed by atoms with E-state index in [1.165, 1.54) is 0 Å². The number of ether oxygens (including phenoxy) is 2. The molecule has 8 atom stereocenters. The summed E-state index contributed by atoms with van der Waals surface area (Å²) in [6.45, 7) is 8.29. The van der Waals surface area contributed by atoms with Crippen molar-refractivity contribution in [2.24, 2.45) is 34.5 Å². The van der Waals surface area contributed by atoms with Crippen molar-refractivity contribution in [2.45, 2.75) is 103 Å². The van der Waals surface area contributed by atoms with Gasteiger partial charge in [0.1, 0.15) is 0 Å². The molecular formula is C28H38O4. The molecule has 4 aliphatic rings. The zero-order valence-corrected chi connectivity index (χ0v) is 20.2. The first-order valence-corrected chi connectivity index (χ1v) is 12.5. The average molecular weight is 439 g/mol. The van der Waals surface area contributed by atoms with Crippen LogP contribution in [0.3, 0.4) is 0 Å². The minimum atomic E-state index is -0.789. The van der Waals surface area contributed by atoms with Crippen molar-refractivity contribution in [3.8, 4) is 24.7 Å². The van der Waals surface area contributed by atoms with Gasteiger partial charge in [0, 0.05) is 31.1 Å². The summed E-state index contributed by atoms with van der Waals surface area (Å²) in [5.74, 6) is 7.45. The normalized spacial score (nSPS) is 46.7. The standard InChI is InChI=1S/C28H38O4/c1-7-23(29)31-27(9-3)17-19-11-12-20-21(25(19,5)18-27)13-15-26(6)22(20)14-16-28(26,10-4)32-24(30)8-2/h3-4,19-22H,7-8,11-18H2,1-2,5-6H3/t19-,20+,21-,22-,25-,26-,27+,28-/m0/s1. The molecule has 0 aromatic heterocycles. The molecule has 4 aliphatic carbocycles. The molecule has 0 N–H and O–H groups in total. The lowest BCUT2D eigenvalue weighted by Crippen LogP contribution is -2.55. The van der Waals surface area contributed by atoms with Crippen molar-refractivity contribution >= 4 is 11.9 Å². The van der Waals surface area contributed by atoms with E-state index in [9.17, 15) is 9.59 Å². The fraction of sp³-hybridized carbons (Fsp3) is 0.786. The van der Waals surface area contributed by atoms with Crippen molar-refractivity contribution < 1.29 is 19.1 Å². The van der Waals surface area contributed by atoms with Crippen molar-refractivity contribution in [3.05, 3.63) is 0 Å². The molecule has 0 saturated heterocycles. The smallest absolute Gasteiger partial charge is 0.307 e. The SMILES string of the molecule is C#C[C@@]1(OC(=O)CC)C[C@@H]2CC[C@@H]3[C@H](CC[C@@]4(C)[C@H]3CC[C@]4(C#C)OC(=O)CC)[C@@]2(C)C1. The van der Waals surface area contributed by atoms with E-state index in [1.54, 1.807) is 0 Å². The van der Waals surface area contributed by atoms with Gasteiger partial charge < -0.3 is 9.47 Å². The molecular weight excluding hydrogens is 400 g/mol. The molecule has 4 nitrogen and oxygen atoms in total. The fourth-order valence-corrected chi connectivity index (χ4v) is 8.44. The summed E-state index contributed by atoms with van der Waals surface area (Å²) in [5.41, 5.74) is -1.68. The third kappa shape index (κ3) is 3.13. The van der Waals surface area contributed by atoms with Gasteiger partial charge in [-0.05, 0) is 67.6 Å². The van der Waals surface area contributed by atoms with Gasteiger partial charge in [0.25, 0.3) is 0 Å². The molecule has 32 heavy (non-hydrogen) atoms. The summed E-state index contributed by atoms with van der Waals surface area (Å²) in [7, 11) is 0. The van der Waals surface area contributed by atoms with Gasteiger partial charge in [-0.2, -0.15) is 0 Å². The number of fused-ring (bicyclic) bond motifs is 5. The van der Waals surface area contributed by atoms with Crippen LogP contribution in [0.4, 0.5) is 0 Å². The summed E-state index contributed by atoms with van der Waals surface area (Å²) < 4.78 is 11.9. The lowest BCUT2D eigenvalue weighted by molar-refractivity contribution is -0.174. The van der Waals surface area contributed by atoms with Gasteiger partial charge in [-0.15, -0.1) is 12.8 Å². The monoisotopic (exact) mass is 438 g/mol. The summed E-state index contributed by atoms with van der Waals surface area (Å²) in [5, 5.41) is 0. The molecule has 0 amide bonds. The van der Waals surface area contributed by atoms with Crippen LogP contribution in [0.2, 0.25) is 0 Å². The highest BCUT2D eigenvalue weighted by atomic mass is 16.6. The van der Waals surface area contributed by atoms with Crippen LogP contribution in [0, 0.1) is 59.2 Å². The lowest BCUT2D eigenvalue weighted by Gasteiger charge is -2.58. The van der Waals surface area contributed by atoms with Crippen LogP contribution in [0.5, 0.6) is 0 Å². The quantitative estimate of drug-likeness (QED) is 0.442. The second kappa shape index (κ2) is 7.83. The van der Waals surface area contributed by atoms with Crippen molar-refractivity contribution in [2.75, 3.05) is 0 Å². The second-order valence-electron chi connectivity index (χ2n) is 11.3. The molecule has 0 unspecified atom stereocenters. The fourth-order valence-electron chi connectivity index (χ4n) is 8.44. The van der Waals surface area contributed by atoms with Gasteiger partial charge >= 0.3 is 11.9 Å². The van der Waals surface area contributed by atoms with Gasteiger partial charge in [-0.3, -0.25) is 9.59 Å². The summed E-state index contributed by atoms with van der Waals surface area (Å²) in [6.07, 6.45) is 20.3. The molecule has 0 aliphatic heterocycles. The molecule has 4 saturated carbocycles. The van der Waals surface area contributed by atoms with E-state index in [4.69, 9.17) is 22.3 Å². The van der Waals surface area contributed by atoms with Crippen LogP contribution >= 0.6 is 0 Å². The van der Waals surface area contributed by atoms with Gasteiger partial charge in [-0.1, -0.05) is 39.5 Å². The number of carbonyl (C=O) groups excluding carboxylic acids is 2. The number of hydrogen-bond acceptors (Lipinski definition) is 4. The summed E-state index contributed by atoms with van der Waals surface area (Å²) in [4.78, 5) is 24.4. The Kier molecular flexibility index (Phi) is 5.68. The molecule has 0 radical (unpaired) electrons. The third-order valence-electron chi connectivity index (χ3n) is 10.1. The summed E-state index contributed by atoms with van der Waals surface area (Å²) >= 11 is 0. The minimum absolute atomic E-state index is 0.0616. The largest absolute Gasteiger partial charge is 0.446 e. The van der Waals surface area contributed by atoms with Gasteiger partial charge in [-0.25, -0.2) is 0 Å². The van der Waals surface area contributed by atoms with E-state index in [0.717, 1.165) is 51.4 Å². The molecule has 174 valence electrons. The minimum Gasteiger partial charge on any atom is -0.446 e. The van der Waals surface area contributed by atoms with E-state index in [0.29, 0.717) is 36.5 Å². The van der Waals surface area contributed by atoms with Crippen molar-refractivity contribution in [1.82, 2.24) is 0 Å². The number of rotatable bonds is 4. The maximum atomic E-state index is 12.3. The van der Waals surface area contributed by atoms with Crippen LogP contribution < -0.4 is 0 Å². The topological polar surface area (TPSA) is 52.6 Å². The first kappa shape index (κ1) is 23.2. The number of terminal acetylenes is 2. The summed E-state index contributed by atoms with van der Waals surface area (Å²) in [6, 6.07) is 0. The first-order valence-electron chi connectivity index (χ1n) is 12.5. The Morgan fingerprint density at radius 1 is 0.906 bits per heavy atom. The Morgan fingerprint density at radius 3 is 2.19 bits per heavy atom. The van der Waals surface area contributed by atoms with E-state index in [1.807, 2.05) is 13.8 Å². The molecule has 0 spiro atoms. The predicted molar refractivity (Wildman–Crippen MR) is 123 cm³/mol. The van der Waals surface area contributed by atoms with E-state index in [-0.39, 0.29) is 22.8 Å². The Bertz CT molecular complexity index is 879. The second-order valence-corrected chi connectivity index (χ2v) is 11.3. The Balaban J connectivity index is 1.62. The number of carbonyl (C=O) groups is 2. The highest BCUT2D eigenvalue weighted by Gasteiger charge is 2.68. The molecule has 4 rings (SSSR count). The molecule has 0 bridgehead atoms. The Labute approximate surface area is 193 Å². The molecule has 0 aromatic rings. The van der Waals surface area contributed by atoms with Crippen molar-refractivity contribution in [1.29, 1.82) is 0 Å². The Morgan fingerprint density at radius 2 is 1.56 bits per heavy atom. The molecule has 4 fully saturated rings. The highest BCUT2D eigenvalue weighted by molar-refractivity contribution is 5.70. The Hall–Kier alpha value is -1.94. The molecule has 0 heterocycles.